The van der Waals surface area contributed by atoms with Crippen LogP contribution in [0.1, 0.15) is 31.4 Å². The number of hydrogen-bond donors (Lipinski definition) is 2. The molecule has 3 N–H and O–H groups in total. The Balaban J connectivity index is 2.77. The number of amidine groups is 1. The van der Waals surface area contributed by atoms with E-state index >= 15 is 0 Å². The van der Waals surface area contributed by atoms with Gasteiger partial charge in [-0.05, 0) is 30.7 Å². The number of rotatable bonds is 7. The zero-order valence-corrected chi connectivity index (χ0v) is 12.4. The van der Waals surface area contributed by atoms with E-state index in [1.54, 1.807) is 7.11 Å². The Morgan fingerprint density at radius 3 is 2.68 bits per heavy atom. The first-order valence-corrected chi connectivity index (χ1v) is 6.67. The number of ether oxygens (including phenoxy) is 1. The van der Waals surface area contributed by atoms with Crippen LogP contribution < -0.4 is 10.5 Å². The second-order valence-corrected chi connectivity index (χ2v) is 5.16. The molecule has 1 aromatic rings. The SMILES string of the molecule is CCC(C)CN(C)Cc1ccc(C(=N)N)c(OC)c1. The Hall–Kier alpha value is -1.55. The molecule has 0 amide bonds. The summed E-state index contributed by atoms with van der Waals surface area (Å²) in [6.45, 7) is 6.42. The van der Waals surface area contributed by atoms with E-state index in [0.717, 1.165) is 13.1 Å². The molecule has 106 valence electrons. The fourth-order valence-corrected chi connectivity index (χ4v) is 2.09. The quantitative estimate of drug-likeness (QED) is 0.587. The first kappa shape index (κ1) is 15.5. The van der Waals surface area contributed by atoms with Crippen LogP contribution in [-0.2, 0) is 6.54 Å². The Labute approximate surface area is 116 Å². The van der Waals surface area contributed by atoms with Crippen molar-refractivity contribution in [2.24, 2.45) is 11.7 Å². The third kappa shape index (κ3) is 4.56. The normalized spacial score (nSPS) is 12.5. The largest absolute Gasteiger partial charge is 0.496 e. The average molecular weight is 263 g/mol. The predicted octanol–water partition coefficient (Wildman–Crippen LogP) is 2.46. The number of benzene rings is 1. The highest BCUT2D eigenvalue weighted by molar-refractivity contribution is 5.97. The highest BCUT2D eigenvalue weighted by Gasteiger charge is 2.09. The number of hydrogen-bond acceptors (Lipinski definition) is 3. The van der Waals surface area contributed by atoms with Crippen LogP contribution in [0, 0.1) is 11.3 Å². The van der Waals surface area contributed by atoms with Crippen LogP contribution in [0.4, 0.5) is 0 Å². The Bertz CT molecular complexity index is 431. The summed E-state index contributed by atoms with van der Waals surface area (Å²) in [5.74, 6) is 1.40. The summed E-state index contributed by atoms with van der Waals surface area (Å²) in [4.78, 5) is 2.30. The van der Waals surface area contributed by atoms with Gasteiger partial charge in [-0.2, -0.15) is 0 Å². The average Bonchev–Trinajstić information content (AvgIpc) is 2.37. The highest BCUT2D eigenvalue weighted by atomic mass is 16.5. The molecule has 0 aliphatic heterocycles. The third-order valence-corrected chi connectivity index (χ3v) is 3.33. The molecule has 0 radical (unpaired) electrons. The van der Waals surface area contributed by atoms with E-state index < -0.39 is 0 Å². The smallest absolute Gasteiger partial charge is 0.130 e. The maximum absolute atomic E-state index is 7.50. The van der Waals surface area contributed by atoms with Gasteiger partial charge in [0.15, 0.2) is 0 Å². The first-order chi connectivity index (χ1) is 8.97. The van der Waals surface area contributed by atoms with Crippen molar-refractivity contribution >= 4 is 5.84 Å². The molecule has 0 saturated carbocycles. The van der Waals surface area contributed by atoms with Crippen LogP contribution in [0.3, 0.4) is 0 Å². The standard InChI is InChI=1S/C15H25N3O/c1-5-11(2)9-18(3)10-12-6-7-13(15(16)17)14(8-12)19-4/h6-8,11H,5,9-10H2,1-4H3,(H3,16,17). The topological polar surface area (TPSA) is 62.3 Å². The van der Waals surface area contributed by atoms with Gasteiger partial charge in [0.05, 0.1) is 12.7 Å². The van der Waals surface area contributed by atoms with Gasteiger partial charge in [0.2, 0.25) is 0 Å². The fraction of sp³-hybridized carbons (Fsp3) is 0.533. The maximum Gasteiger partial charge on any atom is 0.130 e. The van der Waals surface area contributed by atoms with E-state index in [0.29, 0.717) is 17.2 Å². The Morgan fingerprint density at radius 2 is 2.16 bits per heavy atom. The Morgan fingerprint density at radius 1 is 1.47 bits per heavy atom. The molecule has 0 heterocycles. The number of nitrogens with two attached hydrogens (primary N) is 1. The van der Waals surface area contributed by atoms with E-state index in [9.17, 15) is 0 Å². The van der Waals surface area contributed by atoms with Crippen LogP contribution in [-0.4, -0.2) is 31.4 Å². The van der Waals surface area contributed by atoms with Crippen molar-refractivity contribution < 1.29 is 4.74 Å². The monoisotopic (exact) mass is 263 g/mol. The molecule has 1 aromatic carbocycles. The van der Waals surface area contributed by atoms with Crippen LogP contribution in [0.2, 0.25) is 0 Å². The van der Waals surface area contributed by atoms with Crippen LogP contribution in [0.25, 0.3) is 0 Å². The second kappa shape index (κ2) is 7.14. The zero-order valence-electron chi connectivity index (χ0n) is 12.4. The molecular formula is C15H25N3O. The minimum atomic E-state index is 0.0383. The molecule has 0 fully saturated rings. The zero-order chi connectivity index (χ0) is 14.4. The van der Waals surface area contributed by atoms with Gasteiger partial charge < -0.3 is 15.4 Å². The molecule has 0 aliphatic carbocycles. The van der Waals surface area contributed by atoms with Crippen molar-refractivity contribution in [1.82, 2.24) is 4.90 Å². The number of nitrogen functional groups attached to an aromatic ring is 1. The summed E-state index contributed by atoms with van der Waals surface area (Å²) in [5.41, 5.74) is 7.34. The minimum Gasteiger partial charge on any atom is -0.496 e. The highest BCUT2D eigenvalue weighted by Crippen LogP contribution is 2.20. The number of nitrogens with zero attached hydrogens (tertiary/aromatic N) is 1. The van der Waals surface area contributed by atoms with Gasteiger partial charge in [-0.1, -0.05) is 26.3 Å². The van der Waals surface area contributed by atoms with Crippen molar-refractivity contribution in [2.45, 2.75) is 26.8 Å². The van der Waals surface area contributed by atoms with E-state index in [1.165, 1.54) is 12.0 Å². The predicted molar refractivity (Wildman–Crippen MR) is 79.8 cm³/mol. The molecule has 0 aliphatic rings. The lowest BCUT2D eigenvalue weighted by atomic mass is 10.1. The molecular weight excluding hydrogens is 238 g/mol. The molecule has 19 heavy (non-hydrogen) atoms. The number of nitrogens with one attached hydrogen (secondary N) is 1. The molecule has 1 rings (SSSR count). The molecule has 0 spiro atoms. The van der Waals surface area contributed by atoms with Crippen molar-refractivity contribution in [3.05, 3.63) is 29.3 Å². The van der Waals surface area contributed by atoms with Crippen molar-refractivity contribution in [3.8, 4) is 5.75 Å². The lowest BCUT2D eigenvalue weighted by molar-refractivity contribution is 0.275. The lowest BCUT2D eigenvalue weighted by Gasteiger charge is -2.21. The van der Waals surface area contributed by atoms with Crippen LogP contribution in [0.15, 0.2) is 18.2 Å². The second-order valence-electron chi connectivity index (χ2n) is 5.16. The van der Waals surface area contributed by atoms with Gasteiger partial charge in [0.25, 0.3) is 0 Å². The third-order valence-electron chi connectivity index (χ3n) is 3.33. The van der Waals surface area contributed by atoms with Gasteiger partial charge in [0.1, 0.15) is 11.6 Å². The van der Waals surface area contributed by atoms with Crippen molar-refractivity contribution in [2.75, 3.05) is 20.7 Å². The summed E-state index contributed by atoms with van der Waals surface area (Å²) >= 11 is 0. The molecule has 1 atom stereocenters. The fourth-order valence-electron chi connectivity index (χ4n) is 2.09. The summed E-state index contributed by atoms with van der Waals surface area (Å²) in [5, 5.41) is 7.50. The van der Waals surface area contributed by atoms with Crippen LogP contribution in [0.5, 0.6) is 5.75 Å². The first-order valence-electron chi connectivity index (χ1n) is 6.67. The van der Waals surface area contributed by atoms with Gasteiger partial charge in [-0.25, -0.2) is 0 Å². The molecule has 0 saturated heterocycles. The summed E-state index contributed by atoms with van der Waals surface area (Å²) in [7, 11) is 3.73. The van der Waals surface area contributed by atoms with E-state index in [4.69, 9.17) is 15.9 Å². The van der Waals surface area contributed by atoms with Crippen LogP contribution >= 0.6 is 0 Å². The van der Waals surface area contributed by atoms with Gasteiger partial charge >= 0.3 is 0 Å². The molecule has 4 nitrogen and oxygen atoms in total. The van der Waals surface area contributed by atoms with Crippen molar-refractivity contribution in [3.63, 3.8) is 0 Å². The molecule has 1 unspecified atom stereocenters. The van der Waals surface area contributed by atoms with Crippen molar-refractivity contribution in [1.29, 1.82) is 5.41 Å². The molecule has 4 heteroatoms. The minimum absolute atomic E-state index is 0.0383. The van der Waals surface area contributed by atoms with Gasteiger partial charge in [-0.15, -0.1) is 0 Å². The van der Waals surface area contributed by atoms with E-state index in [2.05, 4.69) is 25.8 Å². The van der Waals surface area contributed by atoms with E-state index in [-0.39, 0.29) is 5.84 Å². The molecule has 0 aromatic heterocycles. The molecule has 0 bridgehead atoms. The van der Waals surface area contributed by atoms with Gasteiger partial charge in [0, 0.05) is 13.1 Å². The number of methoxy groups -OCH3 is 1. The lowest BCUT2D eigenvalue weighted by Crippen LogP contribution is -2.23. The van der Waals surface area contributed by atoms with E-state index in [1.807, 2.05) is 18.2 Å². The van der Waals surface area contributed by atoms with Gasteiger partial charge in [-0.3, -0.25) is 5.41 Å². The summed E-state index contributed by atoms with van der Waals surface area (Å²) in [6.07, 6.45) is 1.19. The maximum atomic E-state index is 7.50. The summed E-state index contributed by atoms with van der Waals surface area (Å²) in [6, 6.07) is 5.82. The summed E-state index contributed by atoms with van der Waals surface area (Å²) < 4.78 is 5.29. The Kier molecular flexibility index (Phi) is 5.83.